The molecule has 17 heavy (non-hydrogen) atoms. The number of nitrogens with one attached hydrogen (secondary N) is 1. The topological polar surface area (TPSA) is 29.1 Å². The molecule has 0 saturated heterocycles. The van der Waals surface area contributed by atoms with Gasteiger partial charge in [0.2, 0.25) is 0 Å². The van der Waals surface area contributed by atoms with Gasteiger partial charge in [0.25, 0.3) is 5.91 Å². The van der Waals surface area contributed by atoms with Crippen molar-refractivity contribution in [2.75, 3.05) is 0 Å². The predicted molar refractivity (Wildman–Crippen MR) is 71.3 cm³/mol. The first-order valence-corrected chi connectivity index (χ1v) is 6.57. The van der Waals surface area contributed by atoms with Gasteiger partial charge in [0, 0.05) is 6.54 Å². The summed E-state index contributed by atoms with van der Waals surface area (Å²) in [6, 6.07) is 12.0. The Balaban J connectivity index is 1.98. The molecule has 0 radical (unpaired) electrons. The fourth-order valence-electron chi connectivity index (χ4n) is 1.67. The number of benzene rings is 1. The molecule has 88 valence electrons. The summed E-state index contributed by atoms with van der Waals surface area (Å²) in [5.74, 6) is 0.0284. The fraction of sp³-hybridized carbons (Fsp3) is 0.214. The summed E-state index contributed by atoms with van der Waals surface area (Å²) < 4.78 is 0. The largest absolute Gasteiger partial charge is 0.347 e. The van der Waals surface area contributed by atoms with Gasteiger partial charge in [-0.25, -0.2) is 0 Å². The lowest BCUT2D eigenvalue weighted by Gasteiger charge is -2.05. The fourth-order valence-corrected chi connectivity index (χ4v) is 2.58. The molecule has 2 aromatic rings. The van der Waals surface area contributed by atoms with Crippen LogP contribution in [0.25, 0.3) is 0 Å². The molecule has 0 saturated carbocycles. The number of carbonyl (C=O) groups is 1. The van der Waals surface area contributed by atoms with Crippen LogP contribution in [0.4, 0.5) is 0 Å². The van der Waals surface area contributed by atoms with Gasteiger partial charge in [-0.15, -0.1) is 11.3 Å². The smallest absolute Gasteiger partial charge is 0.261 e. The van der Waals surface area contributed by atoms with Crippen molar-refractivity contribution in [3.8, 4) is 0 Å². The monoisotopic (exact) mass is 245 g/mol. The van der Waals surface area contributed by atoms with E-state index in [4.69, 9.17) is 0 Å². The van der Waals surface area contributed by atoms with Crippen molar-refractivity contribution in [1.29, 1.82) is 0 Å². The van der Waals surface area contributed by atoms with Crippen LogP contribution in [-0.2, 0) is 13.0 Å². The highest BCUT2D eigenvalue weighted by Gasteiger charge is 2.11. The Kier molecular flexibility index (Phi) is 3.94. The van der Waals surface area contributed by atoms with E-state index in [0.29, 0.717) is 6.54 Å². The van der Waals surface area contributed by atoms with Crippen LogP contribution in [0.1, 0.15) is 27.7 Å². The zero-order valence-corrected chi connectivity index (χ0v) is 10.6. The van der Waals surface area contributed by atoms with Gasteiger partial charge in [-0.05, 0) is 29.0 Å². The number of hydrogen-bond acceptors (Lipinski definition) is 2. The average Bonchev–Trinajstić information content (AvgIpc) is 2.85. The van der Waals surface area contributed by atoms with E-state index in [2.05, 4.69) is 12.2 Å². The summed E-state index contributed by atoms with van der Waals surface area (Å²) >= 11 is 1.51. The molecule has 0 spiro atoms. The third kappa shape index (κ3) is 2.94. The lowest BCUT2D eigenvalue weighted by molar-refractivity contribution is 0.0954. The van der Waals surface area contributed by atoms with Gasteiger partial charge in [0.15, 0.2) is 0 Å². The average molecular weight is 245 g/mol. The van der Waals surface area contributed by atoms with Gasteiger partial charge in [-0.2, -0.15) is 0 Å². The van der Waals surface area contributed by atoms with E-state index in [1.54, 1.807) is 0 Å². The highest BCUT2D eigenvalue weighted by molar-refractivity contribution is 7.12. The molecular formula is C14H15NOS. The quantitative estimate of drug-likeness (QED) is 0.880. The van der Waals surface area contributed by atoms with Crippen LogP contribution < -0.4 is 5.32 Å². The number of rotatable bonds is 4. The second-order valence-electron chi connectivity index (χ2n) is 3.80. The standard InChI is InChI=1S/C14H15NOS/c1-2-12-8-9-17-13(12)14(16)15-10-11-6-4-3-5-7-11/h3-9H,2,10H2,1H3,(H,15,16). The molecule has 0 unspecified atom stereocenters. The van der Waals surface area contributed by atoms with E-state index < -0.39 is 0 Å². The minimum Gasteiger partial charge on any atom is -0.347 e. The maximum absolute atomic E-state index is 12.0. The molecule has 2 rings (SSSR count). The Morgan fingerprint density at radius 3 is 2.71 bits per heavy atom. The van der Waals surface area contributed by atoms with Crippen molar-refractivity contribution in [2.24, 2.45) is 0 Å². The van der Waals surface area contributed by atoms with Crippen molar-refractivity contribution < 1.29 is 4.79 Å². The highest BCUT2D eigenvalue weighted by atomic mass is 32.1. The summed E-state index contributed by atoms with van der Waals surface area (Å²) in [6.45, 7) is 2.65. The van der Waals surface area contributed by atoms with Gasteiger partial charge in [0.1, 0.15) is 0 Å². The number of carbonyl (C=O) groups excluding carboxylic acids is 1. The Bertz CT molecular complexity index is 490. The normalized spacial score (nSPS) is 10.2. The molecule has 1 heterocycles. The Morgan fingerprint density at radius 2 is 2.00 bits per heavy atom. The van der Waals surface area contributed by atoms with Crippen LogP contribution in [0.3, 0.4) is 0 Å². The summed E-state index contributed by atoms with van der Waals surface area (Å²) in [7, 11) is 0. The first-order chi connectivity index (χ1) is 8.31. The lowest BCUT2D eigenvalue weighted by Crippen LogP contribution is -2.22. The molecule has 2 nitrogen and oxygen atoms in total. The van der Waals surface area contributed by atoms with Gasteiger partial charge < -0.3 is 5.32 Å². The number of thiophene rings is 1. The van der Waals surface area contributed by atoms with Crippen molar-refractivity contribution in [1.82, 2.24) is 5.32 Å². The summed E-state index contributed by atoms with van der Waals surface area (Å²) in [4.78, 5) is 12.8. The summed E-state index contributed by atoms with van der Waals surface area (Å²) in [5.41, 5.74) is 2.25. The van der Waals surface area contributed by atoms with E-state index >= 15 is 0 Å². The van der Waals surface area contributed by atoms with E-state index in [9.17, 15) is 4.79 Å². The third-order valence-electron chi connectivity index (χ3n) is 2.63. The molecule has 1 aromatic carbocycles. The van der Waals surface area contributed by atoms with Crippen LogP contribution in [0, 0.1) is 0 Å². The second kappa shape index (κ2) is 5.64. The van der Waals surface area contributed by atoms with Crippen LogP contribution >= 0.6 is 11.3 Å². The number of hydrogen-bond donors (Lipinski definition) is 1. The van der Waals surface area contributed by atoms with E-state index in [0.717, 1.165) is 22.4 Å². The summed E-state index contributed by atoms with van der Waals surface area (Å²) in [6.07, 6.45) is 0.900. The van der Waals surface area contributed by atoms with Crippen molar-refractivity contribution >= 4 is 17.2 Å². The first kappa shape index (κ1) is 11.9. The van der Waals surface area contributed by atoms with Crippen molar-refractivity contribution in [2.45, 2.75) is 19.9 Å². The minimum atomic E-state index is 0.0284. The third-order valence-corrected chi connectivity index (χ3v) is 3.59. The van der Waals surface area contributed by atoms with Crippen LogP contribution in [0.5, 0.6) is 0 Å². The maximum atomic E-state index is 12.0. The molecule has 0 aliphatic rings. The molecule has 0 atom stereocenters. The molecule has 1 N–H and O–H groups in total. The molecule has 1 aromatic heterocycles. The van der Waals surface area contributed by atoms with Crippen molar-refractivity contribution in [3.63, 3.8) is 0 Å². The Morgan fingerprint density at radius 1 is 1.24 bits per heavy atom. The number of amides is 1. The van der Waals surface area contributed by atoms with Gasteiger partial charge in [-0.1, -0.05) is 37.3 Å². The van der Waals surface area contributed by atoms with Crippen LogP contribution in [0.2, 0.25) is 0 Å². The highest BCUT2D eigenvalue weighted by Crippen LogP contribution is 2.17. The maximum Gasteiger partial charge on any atom is 0.261 e. The molecule has 0 aliphatic heterocycles. The van der Waals surface area contributed by atoms with E-state index in [-0.39, 0.29) is 5.91 Å². The minimum absolute atomic E-state index is 0.0284. The Hall–Kier alpha value is -1.61. The zero-order chi connectivity index (χ0) is 12.1. The molecule has 0 aliphatic carbocycles. The molecule has 1 amide bonds. The molecular weight excluding hydrogens is 230 g/mol. The molecule has 0 bridgehead atoms. The lowest BCUT2D eigenvalue weighted by atomic mass is 10.2. The molecule has 0 fully saturated rings. The summed E-state index contributed by atoms with van der Waals surface area (Å²) in [5, 5.41) is 4.92. The van der Waals surface area contributed by atoms with Crippen molar-refractivity contribution in [3.05, 3.63) is 57.8 Å². The van der Waals surface area contributed by atoms with Gasteiger partial charge >= 0.3 is 0 Å². The zero-order valence-electron chi connectivity index (χ0n) is 9.77. The molecule has 3 heteroatoms. The number of aryl methyl sites for hydroxylation is 1. The van der Waals surface area contributed by atoms with E-state index in [1.807, 2.05) is 41.8 Å². The SMILES string of the molecule is CCc1ccsc1C(=O)NCc1ccccc1. The predicted octanol–water partition coefficient (Wildman–Crippen LogP) is 3.24. The van der Waals surface area contributed by atoms with E-state index in [1.165, 1.54) is 11.3 Å². The van der Waals surface area contributed by atoms with Gasteiger partial charge in [0.05, 0.1) is 4.88 Å². The second-order valence-corrected chi connectivity index (χ2v) is 4.71. The first-order valence-electron chi connectivity index (χ1n) is 5.69. The van der Waals surface area contributed by atoms with Gasteiger partial charge in [-0.3, -0.25) is 4.79 Å². The van der Waals surface area contributed by atoms with Crippen LogP contribution in [-0.4, -0.2) is 5.91 Å². The Labute approximate surface area is 105 Å². The van der Waals surface area contributed by atoms with Crippen LogP contribution in [0.15, 0.2) is 41.8 Å².